The number of nitro groups is 1. The molecule has 0 aliphatic rings. The number of aryl methyl sites for hydroxylation is 1. The Hall–Kier alpha value is -4.52. The van der Waals surface area contributed by atoms with Gasteiger partial charge in [-0.15, -0.1) is 0 Å². The molecule has 4 rings (SSSR count). The van der Waals surface area contributed by atoms with Gasteiger partial charge < -0.3 is 18.9 Å². The highest BCUT2D eigenvalue weighted by Crippen LogP contribution is 2.33. The van der Waals surface area contributed by atoms with E-state index in [0.717, 1.165) is 22.8 Å². The molecule has 4 aromatic rings. The molecular formula is C34H37NO6. The summed E-state index contributed by atoms with van der Waals surface area (Å²) in [4.78, 5) is 10.4. The van der Waals surface area contributed by atoms with Crippen LogP contribution in [0.2, 0.25) is 0 Å². The zero-order valence-corrected chi connectivity index (χ0v) is 24.2. The number of benzene rings is 4. The van der Waals surface area contributed by atoms with Crippen LogP contribution in [-0.4, -0.2) is 30.3 Å². The van der Waals surface area contributed by atoms with Crippen molar-refractivity contribution in [2.45, 2.75) is 52.2 Å². The summed E-state index contributed by atoms with van der Waals surface area (Å²) in [6, 6.07) is 30.3. The Morgan fingerprint density at radius 2 is 1.00 bits per heavy atom. The maximum atomic E-state index is 10.8. The summed E-state index contributed by atoms with van der Waals surface area (Å²) in [5.41, 5.74) is 3.35. The quantitative estimate of drug-likeness (QED) is 0.123. The molecule has 214 valence electrons. The number of non-ortho nitro benzene ring substituents is 1. The Morgan fingerprint density at radius 1 is 0.634 bits per heavy atom. The summed E-state index contributed by atoms with van der Waals surface area (Å²) in [5, 5.41) is 10.8. The third-order valence-electron chi connectivity index (χ3n) is 6.86. The smallest absolute Gasteiger partial charge is 0.269 e. The van der Waals surface area contributed by atoms with Crippen molar-refractivity contribution >= 4 is 5.69 Å². The molecule has 0 saturated heterocycles. The van der Waals surface area contributed by atoms with Gasteiger partial charge in [0.15, 0.2) is 0 Å². The zero-order valence-electron chi connectivity index (χ0n) is 24.2. The van der Waals surface area contributed by atoms with Gasteiger partial charge in [0.1, 0.15) is 48.4 Å². The van der Waals surface area contributed by atoms with Gasteiger partial charge >= 0.3 is 0 Å². The molecule has 0 fully saturated rings. The van der Waals surface area contributed by atoms with E-state index in [1.54, 1.807) is 12.1 Å². The first-order valence-corrected chi connectivity index (χ1v) is 13.7. The Balaban J connectivity index is 1.28. The lowest BCUT2D eigenvalue weighted by atomic mass is 9.78. The predicted molar refractivity (Wildman–Crippen MR) is 160 cm³/mol. The molecule has 7 heteroatoms. The summed E-state index contributed by atoms with van der Waals surface area (Å²) in [6.07, 6.45) is -0.300. The molecule has 0 spiro atoms. The van der Waals surface area contributed by atoms with Gasteiger partial charge in [0.2, 0.25) is 0 Å². The van der Waals surface area contributed by atoms with Crippen LogP contribution in [0.3, 0.4) is 0 Å². The number of rotatable bonds is 13. The lowest BCUT2D eigenvalue weighted by molar-refractivity contribution is -0.384. The fourth-order valence-corrected chi connectivity index (χ4v) is 4.33. The fraction of sp³-hybridized carbons (Fsp3) is 0.294. The van der Waals surface area contributed by atoms with Crippen LogP contribution in [0.1, 0.15) is 44.4 Å². The first kappa shape index (κ1) is 29.5. The van der Waals surface area contributed by atoms with Gasteiger partial charge in [0.05, 0.1) is 4.92 Å². The zero-order chi connectivity index (χ0) is 29.4. The summed E-state index contributed by atoms with van der Waals surface area (Å²) in [5.74, 6) is 2.95. The first-order chi connectivity index (χ1) is 19.6. The molecule has 0 bridgehead atoms. The van der Waals surface area contributed by atoms with Crippen LogP contribution >= 0.6 is 0 Å². The molecule has 2 unspecified atom stereocenters. The van der Waals surface area contributed by atoms with Crippen LogP contribution in [0.4, 0.5) is 5.69 Å². The van der Waals surface area contributed by atoms with E-state index in [-0.39, 0.29) is 23.3 Å². The second-order valence-corrected chi connectivity index (χ2v) is 10.7. The van der Waals surface area contributed by atoms with Crippen molar-refractivity contribution in [2.24, 2.45) is 0 Å². The molecule has 0 aliphatic heterocycles. The minimum Gasteiger partial charge on any atom is -0.490 e. The van der Waals surface area contributed by atoms with E-state index < -0.39 is 4.92 Å². The topological polar surface area (TPSA) is 80.1 Å². The van der Waals surface area contributed by atoms with E-state index >= 15 is 0 Å². The third-order valence-corrected chi connectivity index (χ3v) is 6.86. The number of hydrogen-bond donors (Lipinski definition) is 0. The Bertz CT molecular complexity index is 1400. The van der Waals surface area contributed by atoms with Gasteiger partial charge in [-0.05, 0) is 80.4 Å². The van der Waals surface area contributed by atoms with E-state index in [1.165, 1.54) is 23.3 Å². The van der Waals surface area contributed by atoms with Crippen molar-refractivity contribution in [3.8, 4) is 23.0 Å². The lowest BCUT2D eigenvalue weighted by Crippen LogP contribution is -2.22. The first-order valence-electron chi connectivity index (χ1n) is 13.7. The number of nitro benzene ring substituents is 1. The molecule has 0 N–H and O–H groups in total. The minimum atomic E-state index is -0.435. The monoisotopic (exact) mass is 555 g/mol. The Labute approximate surface area is 241 Å². The fourth-order valence-electron chi connectivity index (χ4n) is 4.33. The highest BCUT2D eigenvalue weighted by Gasteiger charge is 2.23. The van der Waals surface area contributed by atoms with E-state index in [9.17, 15) is 10.1 Å². The minimum absolute atomic E-state index is 0.0308. The van der Waals surface area contributed by atoms with Crippen LogP contribution in [-0.2, 0) is 5.41 Å². The number of hydrogen-bond acceptors (Lipinski definition) is 6. The van der Waals surface area contributed by atoms with Crippen LogP contribution in [0.15, 0.2) is 97.1 Å². The SMILES string of the molecule is Cc1ccc(OCC(C)Oc2ccc(C(C)(C)c3ccc(OC(C)COc4ccc([N+](=O)[O-])cc4)cc3)cc2)cc1. The highest BCUT2D eigenvalue weighted by molar-refractivity contribution is 5.42. The van der Waals surface area contributed by atoms with Gasteiger partial charge in [-0.25, -0.2) is 0 Å². The molecule has 0 amide bonds. The molecular weight excluding hydrogens is 518 g/mol. The van der Waals surface area contributed by atoms with E-state index in [1.807, 2.05) is 62.4 Å². The van der Waals surface area contributed by atoms with E-state index in [2.05, 4.69) is 45.0 Å². The molecule has 41 heavy (non-hydrogen) atoms. The Kier molecular flexibility index (Phi) is 9.50. The van der Waals surface area contributed by atoms with Gasteiger partial charge in [-0.3, -0.25) is 10.1 Å². The maximum absolute atomic E-state index is 10.8. The largest absolute Gasteiger partial charge is 0.490 e. The van der Waals surface area contributed by atoms with Crippen LogP contribution in [0.25, 0.3) is 0 Å². The molecule has 0 radical (unpaired) electrons. The van der Waals surface area contributed by atoms with Crippen molar-refractivity contribution in [3.05, 3.63) is 124 Å². The maximum Gasteiger partial charge on any atom is 0.269 e. The molecule has 2 atom stereocenters. The average molecular weight is 556 g/mol. The average Bonchev–Trinajstić information content (AvgIpc) is 2.96. The molecule has 0 heterocycles. The van der Waals surface area contributed by atoms with Gasteiger partial charge in [-0.1, -0.05) is 55.8 Å². The normalized spacial score (nSPS) is 12.7. The van der Waals surface area contributed by atoms with E-state index in [4.69, 9.17) is 18.9 Å². The standard InChI is InChI=1S/C34H37NO6/c1-24-6-14-30(15-7-24)38-22-25(2)40-32-16-8-27(9-17-32)34(4,5)28-10-18-33(19-11-28)41-26(3)23-39-31-20-12-29(13-21-31)35(36)37/h6-21,25-26H,22-23H2,1-5H3. The second-order valence-electron chi connectivity index (χ2n) is 10.7. The van der Waals surface area contributed by atoms with Crippen molar-refractivity contribution in [3.63, 3.8) is 0 Å². The third kappa shape index (κ3) is 8.24. The van der Waals surface area contributed by atoms with Gasteiger partial charge in [0.25, 0.3) is 5.69 Å². The molecule has 4 aromatic carbocycles. The van der Waals surface area contributed by atoms with Crippen molar-refractivity contribution in [1.82, 2.24) is 0 Å². The summed E-state index contributed by atoms with van der Waals surface area (Å²) >= 11 is 0. The number of ether oxygens (including phenoxy) is 4. The summed E-state index contributed by atoms with van der Waals surface area (Å²) < 4.78 is 23.7. The van der Waals surface area contributed by atoms with Crippen molar-refractivity contribution in [1.29, 1.82) is 0 Å². The number of nitrogens with zero attached hydrogens (tertiary/aromatic N) is 1. The van der Waals surface area contributed by atoms with Crippen LogP contribution in [0.5, 0.6) is 23.0 Å². The molecule has 7 nitrogen and oxygen atoms in total. The van der Waals surface area contributed by atoms with Crippen molar-refractivity contribution < 1.29 is 23.9 Å². The van der Waals surface area contributed by atoms with Gasteiger partial charge in [-0.2, -0.15) is 0 Å². The van der Waals surface area contributed by atoms with Crippen molar-refractivity contribution in [2.75, 3.05) is 13.2 Å². The molecule has 0 aliphatic carbocycles. The predicted octanol–water partition coefficient (Wildman–Crippen LogP) is 7.92. The molecule has 0 aromatic heterocycles. The lowest BCUT2D eigenvalue weighted by Gasteiger charge is -2.27. The van der Waals surface area contributed by atoms with Crippen LogP contribution < -0.4 is 18.9 Å². The van der Waals surface area contributed by atoms with E-state index in [0.29, 0.717) is 19.0 Å². The second kappa shape index (κ2) is 13.2. The van der Waals surface area contributed by atoms with Crippen LogP contribution in [0, 0.1) is 17.0 Å². The molecule has 0 saturated carbocycles. The highest BCUT2D eigenvalue weighted by atomic mass is 16.6. The van der Waals surface area contributed by atoms with Gasteiger partial charge in [0, 0.05) is 17.5 Å². The summed E-state index contributed by atoms with van der Waals surface area (Å²) in [6.45, 7) is 11.1. The Morgan fingerprint density at radius 3 is 1.39 bits per heavy atom. The summed E-state index contributed by atoms with van der Waals surface area (Å²) in [7, 11) is 0.